The zero-order valence-electron chi connectivity index (χ0n) is 18.1. The average Bonchev–Trinajstić information content (AvgIpc) is 2.72. The summed E-state index contributed by atoms with van der Waals surface area (Å²) < 4.78 is 10.1. The minimum atomic E-state index is -2.74. The summed E-state index contributed by atoms with van der Waals surface area (Å²) in [7, 11) is 0. The van der Waals surface area contributed by atoms with Crippen LogP contribution in [0.1, 0.15) is 65.7 Å². The SMILES string of the molecule is CCCCOC(=O)CCC(C)(C#N)N=NC(C)(C#N)CCC(=O)OCCC[Si](Cl)(Cl)Cl. The maximum Gasteiger partial charge on any atom is 0.341 e. The molecule has 0 aromatic rings. The number of nitriles is 2. The van der Waals surface area contributed by atoms with Crippen LogP contribution in [-0.4, -0.2) is 42.2 Å². The van der Waals surface area contributed by atoms with Crippen molar-refractivity contribution in [1.82, 2.24) is 0 Å². The molecule has 0 amide bonds. The summed E-state index contributed by atoms with van der Waals surface area (Å²) in [5.74, 6) is -0.908. The zero-order chi connectivity index (χ0) is 24.0. The quantitative estimate of drug-likeness (QED) is 0.0940. The van der Waals surface area contributed by atoms with Gasteiger partial charge in [-0.25, -0.2) is 0 Å². The molecular weight excluding hydrogens is 483 g/mol. The van der Waals surface area contributed by atoms with Crippen LogP contribution in [0.5, 0.6) is 0 Å². The van der Waals surface area contributed by atoms with E-state index in [1.807, 2.05) is 19.1 Å². The Hall–Kier alpha value is -1.39. The number of halogens is 3. The number of rotatable bonds is 15. The van der Waals surface area contributed by atoms with Crippen LogP contribution in [0.4, 0.5) is 0 Å². The van der Waals surface area contributed by atoms with E-state index in [4.69, 9.17) is 42.7 Å². The Bertz CT molecular complexity index is 706. The molecule has 0 N–H and O–H groups in total. The normalized spacial score (nSPS) is 15.4. The average molecular weight is 512 g/mol. The minimum Gasteiger partial charge on any atom is -0.466 e. The molecule has 0 aromatic carbocycles. The van der Waals surface area contributed by atoms with Gasteiger partial charge in [0.1, 0.15) is 0 Å². The van der Waals surface area contributed by atoms with Gasteiger partial charge in [0.05, 0.1) is 25.4 Å². The standard InChI is InChI=1S/C19H29Cl3N4O4Si/c1-4-5-11-29-16(27)7-9-18(2,14-23)25-26-19(3,15-24)10-8-17(28)30-12-6-13-31(20,21)22/h4-13H2,1-3H3. The first-order valence-electron chi connectivity index (χ1n) is 10.0. The van der Waals surface area contributed by atoms with Crippen molar-refractivity contribution >= 4 is 51.2 Å². The third-order valence-corrected chi connectivity index (χ3v) is 6.85. The molecule has 0 spiro atoms. The summed E-state index contributed by atoms with van der Waals surface area (Å²) >= 11 is 17.3. The number of ether oxygens (including phenoxy) is 2. The summed E-state index contributed by atoms with van der Waals surface area (Å²) in [6, 6.07) is 1.66. The van der Waals surface area contributed by atoms with Crippen molar-refractivity contribution in [1.29, 1.82) is 10.5 Å². The van der Waals surface area contributed by atoms with E-state index in [0.29, 0.717) is 19.1 Å². The molecule has 0 aliphatic rings. The van der Waals surface area contributed by atoms with Crippen LogP contribution in [0.15, 0.2) is 10.2 Å². The third kappa shape index (κ3) is 15.1. The third-order valence-electron chi connectivity index (χ3n) is 4.23. The fraction of sp³-hybridized carbons (Fsp3) is 0.789. The summed E-state index contributed by atoms with van der Waals surface area (Å²) in [5, 5.41) is 26.9. The van der Waals surface area contributed by atoms with E-state index in [2.05, 4.69) is 10.2 Å². The van der Waals surface area contributed by atoms with Crippen LogP contribution in [0.3, 0.4) is 0 Å². The number of azo groups is 1. The van der Waals surface area contributed by atoms with Crippen molar-refractivity contribution in [2.75, 3.05) is 13.2 Å². The lowest BCUT2D eigenvalue weighted by Gasteiger charge is -2.19. The first kappa shape index (κ1) is 29.6. The lowest BCUT2D eigenvalue weighted by atomic mass is 9.97. The van der Waals surface area contributed by atoms with Crippen LogP contribution in [0, 0.1) is 22.7 Å². The summed E-state index contributed by atoms with van der Waals surface area (Å²) in [5.41, 5.74) is -2.60. The Morgan fingerprint density at radius 1 is 0.903 bits per heavy atom. The van der Waals surface area contributed by atoms with Crippen molar-refractivity contribution in [3.8, 4) is 12.1 Å². The van der Waals surface area contributed by atoms with Gasteiger partial charge in [-0.05, 0) is 45.6 Å². The van der Waals surface area contributed by atoms with Gasteiger partial charge in [0.25, 0.3) is 0 Å². The smallest absolute Gasteiger partial charge is 0.341 e. The van der Waals surface area contributed by atoms with Crippen molar-refractivity contribution in [3.63, 3.8) is 0 Å². The number of esters is 2. The molecule has 0 aliphatic heterocycles. The minimum absolute atomic E-state index is 0.0133. The van der Waals surface area contributed by atoms with Gasteiger partial charge in [-0.15, -0.1) is 33.2 Å². The van der Waals surface area contributed by atoms with Crippen molar-refractivity contribution < 1.29 is 19.1 Å². The monoisotopic (exact) mass is 510 g/mol. The molecule has 0 saturated heterocycles. The van der Waals surface area contributed by atoms with Crippen molar-refractivity contribution in [2.24, 2.45) is 10.2 Å². The van der Waals surface area contributed by atoms with E-state index in [-0.39, 0.29) is 32.3 Å². The van der Waals surface area contributed by atoms with E-state index in [1.165, 1.54) is 13.8 Å². The first-order chi connectivity index (χ1) is 14.4. The Labute approximate surface area is 198 Å². The van der Waals surface area contributed by atoms with Crippen LogP contribution < -0.4 is 0 Å². The van der Waals surface area contributed by atoms with Crippen LogP contribution in [0.2, 0.25) is 6.04 Å². The zero-order valence-corrected chi connectivity index (χ0v) is 21.4. The second-order valence-electron chi connectivity index (χ2n) is 7.48. The highest BCUT2D eigenvalue weighted by Gasteiger charge is 2.30. The number of unbranched alkanes of at least 4 members (excludes halogenated alkanes) is 1. The summed E-state index contributed by atoms with van der Waals surface area (Å²) in [6.07, 6.45) is 2.26. The Kier molecular flexibility index (Phi) is 14.0. The van der Waals surface area contributed by atoms with Gasteiger partial charge in [-0.3, -0.25) is 9.59 Å². The predicted octanol–water partition coefficient (Wildman–Crippen LogP) is 5.50. The highest BCUT2D eigenvalue weighted by Crippen LogP contribution is 2.26. The molecule has 0 saturated carbocycles. The Morgan fingerprint density at radius 3 is 1.68 bits per heavy atom. The largest absolute Gasteiger partial charge is 0.466 e. The van der Waals surface area contributed by atoms with Gasteiger partial charge in [-0.1, -0.05) is 13.3 Å². The first-order valence-corrected chi connectivity index (χ1v) is 15.3. The molecule has 0 aromatic heterocycles. The highest BCUT2D eigenvalue weighted by molar-refractivity contribution is 7.64. The molecule has 0 heterocycles. The molecular formula is C19H29Cl3N4O4Si. The molecule has 0 bridgehead atoms. The summed E-state index contributed by atoms with van der Waals surface area (Å²) in [4.78, 5) is 23.6. The van der Waals surface area contributed by atoms with Crippen LogP contribution in [-0.2, 0) is 19.1 Å². The van der Waals surface area contributed by atoms with E-state index < -0.39 is 29.0 Å². The molecule has 0 radical (unpaired) electrons. The Balaban J connectivity index is 4.65. The van der Waals surface area contributed by atoms with Gasteiger partial charge < -0.3 is 9.47 Å². The lowest BCUT2D eigenvalue weighted by molar-refractivity contribution is -0.145. The van der Waals surface area contributed by atoms with Crippen molar-refractivity contribution in [3.05, 3.63) is 0 Å². The van der Waals surface area contributed by atoms with Crippen LogP contribution >= 0.6 is 33.2 Å². The molecule has 8 nitrogen and oxygen atoms in total. The highest BCUT2D eigenvalue weighted by atomic mass is 35.8. The van der Waals surface area contributed by atoms with E-state index in [1.54, 1.807) is 0 Å². The second-order valence-corrected chi connectivity index (χ2v) is 16.8. The number of carbonyl (C=O) groups excluding carboxylic acids is 2. The molecule has 2 atom stereocenters. The van der Waals surface area contributed by atoms with Gasteiger partial charge in [0, 0.05) is 12.8 Å². The molecule has 0 fully saturated rings. The van der Waals surface area contributed by atoms with Gasteiger partial charge in [-0.2, -0.15) is 20.8 Å². The molecule has 0 aliphatic carbocycles. The number of carbonyl (C=O) groups is 2. The predicted molar refractivity (Wildman–Crippen MR) is 121 cm³/mol. The number of hydrogen-bond donors (Lipinski definition) is 0. The fourth-order valence-electron chi connectivity index (χ4n) is 2.10. The van der Waals surface area contributed by atoms with E-state index in [0.717, 1.165) is 12.8 Å². The molecule has 12 heteroatoms. The van der Waals surface area contributed by atoms with Crippen molar-refractivity contribution in [2.45, 2.75) is 82.8 Å². The second kappa shape index (κ2) is 14.6. The fourth-order valence-corrected chi connectivity index (χ4v) is 3.85. The van der Waals surface area contributed by atoms with Crippen LogP contribution in [0.25, 0.3) is 0 Å². The van der Waals surface area contributed by atoms with E-state index in [9.17, 15) is 20.1 Å². The molecule has 0 rings (SSSR count). The molecule has 2 unspecified atom stereocenters. The van der Waals surface area contributed by atoms with Gasteiger partial charge in [0.2, 0.25) is 0 Å². The van der Waals surface area contributed by atoms with E-state index >= 15 is 0 Å². The topological polar surface area (TPSA) is 125 Å². The maximum absolute atomic E-state index is 11.9. The molecule has 174 valence electrons. The molecule has 31 heavy (non-hydrogen) atoms. The lowest BCUT2D eigenvalue weighted by Crippen LogP contribution is -2.25. The van der Waals surface area contributed by atoms with Gasteiger partial charge >= 0.3 is 17.9 Å². The number of nitrogens with zero attached hydrogens (tertiary/aromatic N) is 4. The van der Waals surface area contributed by atoms with Gasteiger partial charge in [0.15, 0.2) is 11.1 Å². The summed E-state index contributed by atoms with van der Waals surface area (Å²) in [6.45, 7) is 5.49. The number of hydrogen-bond acceptors (Lipinski definition) is 8. The maximum atomic E-state index is 11.9. The Morgan fingerprint density at radius 2 is 1.32 bits per heavy atom.